The van der Waals surface area contributed by atoms with Crippen molar-refractivity contribution in [3.8, 4) is 5.75 Å². The maximum atomic E-state index is 12.4. The Hall–Kier alpha value is -3.29. The van der Waals surface area contributed by atoms with Gasteiger partial charge in [0.2, 0.25) is 5.91 Å². The van der Waals surface area contributed by atoms with Crippen LogP contribution in [0.25, 0.3) is 0 Å². The number of nitrogens with two attached hydrogens (primary N) is 1. The number of carbonyl (C=O) groups is 3. The second-order valence-electron chi connectivity index (χ2n) is 6.72. The van der Waals surface area contributed by atoms with Crippen molar-refractivity contribution in [3.05, 3.63) is 53.5 Å². The number of rotatable bonds is 6. The van der Waals surface area contributed by atoms with Crippen LogP contribution in [-0.2, 0) is 4.79 Å². The van der Waals surface area contributed by atoms with Gasteiger partial charge in [-0.2, -0.15) is 0 Å². The standard InChI is InChI=1S/C20H23N3O5/c1-13-5-6-17(28-13)20(26)22-15-7-9-23(10-8-15)18(24)12-27-16-4-2-3-14(11-16)19(21)25/h2-6,11,15H,7-10,12H2,1H3,(H2,21,25)(H,22,26). The molecule has 1 fully saturated rings. The van der Waals surface area contributed by atoms with Gasteiger partial charge in [0.05, 0.1) is 0 Å². The first kappa shape index (κ1) is 19.5. The molecule has 0 unspecified atom stereocenters. The molecule has 148 valence electrons. The van der Waals surface area contributed by atoms with Gasteiger partial charge in [0, 0.05) is 24.7 Å². The summed E-state index contributed by atoms with van der Waals surface area (Å²) >= 11 is 0. The van der Waals surface area contributed by atoms with Crippen LogP contribution in [0.5, 0.6) is 5.75 Å². The summed E-state index contributed by atoms with van der Waals surface area (Å²) in [5.41, 5.74) is 5.56. The van der Waals surface area contributed by atoms with Crippen LogP contribution in [0, 0.1) is 6.92 Å². The Kier molecular flexibility index (Phi) is 5.98. The molecule has 3 rings (SSSR count). The van der Waals surface area contributed by atoms with Crippen molar-refractivity contribution in [1.82, 2.24) is 10.2 Å². The van der Waals surface area contributed by atoms with E-state index in [4.69, 9.17) is 14.9 Å². The van der Waals surface area contributed by atoms with Crippen molar-refractivity contribution in [3.63, 3.8) is 0 Å². The molecule has 2 aromatic rings. The SMILES string of the molecule is Cc1ccc(C(=O)NC2CCN(C(=O)COc3cccc(C(N)=O)c3)CC2)o1. The molecule has 1 aliphatic rings. The van der Waals surface area contributed by atoms with Crippen molar-refractivity contribution < 1.29 is 23.5 Å². The summed E-state index contributed by atoms with van der Waals surface area (Å²) < 4.78 is 10.8. The summed E-state index contributed by atoms with van der Waals surface area (Å²) in [5.74, 6) is 0.465. The van der Waals surface area contributed by atoms with Crippen LogP contribution in [0.2, 0.25) is 0 Å². The van der Waals surface area contributed by atoms with Crippen LogP contribution < -0.4 is 15.8 Å². The smallest absolute Gasteiger partial charge is 0.287 e. The number of nitrogens with zero attached hydrogens (tertiary/aromatic N) is 1. The van der Waals surface area contributed by atoms with Crippen molar-refractivity contribution >= 4 is 17.7 Å². The molecule has 3 amide bonds. The number of hydrogen-bond donors (Lipinski definition) is 2. The van der Waals surface area contributed by atoms with Crippen molar-refractivity contribution in [2.45, 2.75) is 25.8 Å². The number of likely N-dealkylation sites (tertiary alicyclic amines) is 1. The molecule has 0 bridgehead atoms. The molecule has 1 aromatic heterocycles. The Balaban J connectivity index is 1.44. The Morgan fingerprint density at radius 3 is 2.61 bits per heavy atom. The number of hydrogen-bond acceptors (Lipinski definition) is 5. The van der Waals surface area contributed by atoms with Gasteiger partial charge in [-0.05, 0) is 50.1 Å². The molecule has 1 aliphatic heterocycles. The number of benzene rings is 1. The zero-order valence-electron chi connectivity index (χ0n) is 15.6. The lowest BCUT2D eigenvalue weighted by Crippen LogP contribution is -2.47. The van der Waals surface area contributed by atoms with Gasteiger partial charge >= 0.3 is 0 Å². The third-order valence-corrected chi connectivity index (χ3v) is 4.63. The van der Waals surface area contributed by atoms with E-state index in [2.05, 4.69) is 5.32 Å². The number of carbonyl (C=O) groups excluding carboxylic acids is 3. The average Bonchev–Trinajstić information content (AvgIpc) is 3.13. The van der Waals surface area contributed by atoms with Crippen LogP contribution in [0.15, 0.2) is 40.8 Å². The molecule has 0 spiro atoms. The second kappa shape index (κ2) is 8.60. The number of amides is 3. The van der Waals surface area contributed by atoms with Crippen LogP contribution in [-0.4, -0.2) is 48.4 Å². The van der Waals surface area contributed by atoms with Gasteiger partial charge < -0.3 is 25.1 Å². The highest BCUT2D eigenvalue weighted by atomic mass is 16.5. The minimum Gasteiger partial charge on any atom is -0.484 e. The highest BCUT2D eigenvalue weighted by Crippen LogP contribution is 2.15. The fourth-order valence-corrected chi connectivity index (χ4v) is 3.06. The maximum absolute atomic E-state index is 12.4. The topological polar surface area (TPSA) is 115 Å². The Bertz CT molecular complexity index is 868. The fourth-order valence-electron chi connectivity index (χ4n) is 3.06. The van der Waals surface area contributed by atoms with Crippen molar-refractivity contribution in [1.29, 1.82) is 0 Å². The zero-order chi connectivity index (χ0) is 20.1. The lowest BCUT2D eigenvalue weighted by molar-refractivity contribution is -0.134. The summed E-state index contributed by atoms with van der Waals surface area (Å²) in [4.78, 5) is 37.4. The fraction of sp³-hybridized carbons (Fsp3) is 0.350. The van der Waals surface area contributed by atoms with Gasteiger partial charge in [-0.1, -0.05) is 6.07 Å². The van der Waals surface area contributed by atoms with Gasteiger partial charge in [0.1, 0.15) is 11.5 Å². The first-order valence-electron chi connectivity index (χ1n) is 9.10. The number of nitrogens with one attached hydrogen (secondary N) is 1. The lowest BCUT2D eigenvalue weighted by Gasteiger charge is -2.32. The van der Waals surface area contributed by atoms with E-state index in [1.54, 1.807) is 42.2 Å². The number of furan rings is 1. The summed E-state index contributed by atoms with van der Waals surface area (Å²) in [6, 6.07) is 9.79. The summed E-state index contributed by atoms with van der Waals surface area (Å²) in [5, 5.41) is 2.94. The minimum atomic E-state index is -0.550. The highest BCUT2D eigenvalue weighted by molar-refractivity contribution is 5.93. The van der Waals surface area contributed by atoms with Gasteiger partial charge in [-0.3, -0.25) is 14.4 Å². The summed E-state index contributed by atoms with van der Waals surface area (Å²) in [7, 11) is 0. The first-order valence-corrected chi connectivity index (χ1v) is 9.10. The molecule has 8 heteroatoms. The van der Waals surface area contributed by atoms with Gasteiger partial charge in [0.15, 0.2) is 12.4 Å². The van der Waals surface area contributed by atoms with Gasteiger partial charge in [-0.15, -0.1) is 0 Å². The van der Waals surface area contributed by atoms with E-state index in [1.807, 2.05) is 0 Å². The molecular formula is C20H23N3O5. The largest absolute Gasteiger partial charge is 0.484 e. The molecule has 0 atom stereocenters. The van der Waals surface area contributed by atoms with Crippen LogP contribution in [0.3, 0.4) is 0 Å². The first-order chi connectivity index (χ1) is 13.4. The Morgan fingerprint density at radius 2 is 1.96 bits per heavy atom. The number of ether oxygens (including phenoxy) is 1. The quantitative estimate of drug-likeness (QED) is 0.782. The lowest BCUT2D eigenvalue weighted by atomic mass is 10.0. The highest BCUT2D eigenvalue weighted by Gasteiger charge is 2.25. The monoisotopic (exact) mass is 385 g/mol. The normalized spacial score (nSPS) is 14.5. The van der Waals surface area contributed by atoms with Crippen molar-refractivity contribution in [2.75, 3.05) is 19.7 Å². The predicted octanol–water partition coefficient (Wildman–Crippen LogP) is 1.49. The minimum absolute atomic E-state index is 0.00452. The molecule has 1 aromatic carbocycles. The van der Waals surface area contributed by atoms with E-state index < -0.39 is 5.91 Å². The average molecular weight is 385 g/mol. The molecule has 0 radical (unpaired) electrons. The molecular weight excluding hydrogens is 362 g/mol. The number of piperidine rings is 1. The zero-order valence-corrected chi connectivity index (χ0v) is 15.6. The van der Waals surface area contributed by atoms with Crippen LogP contribution in [0.4, 0.5) is 0 Å². The van der Waals surface area contributed by atoms with E-state index in [1.165, 1.54) is 6.07 Å². The molecule has 1 saturated heterocycles. The Morgan fingerprint density at radius 1 is 1.21 bits per heavy atom. The van der Waals surface area contributed by atoms with Crippen LogP contribution >= 0.6 is 0 Å². The molecule has 2 heterocycles. The van der Waals surface area contributed by atoms with E-state index >= 15 is 0 Å². The second-order valence-corrected chi connectivity index (χ2v) is 6.72. The summed E-state index contributed by atoms with van der Waals surface area (Å²) in [6.45, 7) is 2.73. The molecule has 28 heavy (non-hydrogen) atoms. The predicted molar refractivity (Wildman–Crippen MR) is 101 cm³/mol. The molecule has 3 N–H and O–H groups in total. The van der Waals surface area contributed by atoms with Crippen LogP contribution in [0.1, 0.15) is 39.5 Å². The van der Waals surface area contributed by atoms with E-state index in [-0.39, 0.29) is 24.5 Å². The third-order valence-electron chi connectivity index (χ3n) is 4.63. The third kappa shape index (κ3) is 4.91. The van der Waals surface area contributed by atoms with Crippen molar-refractivity contribution in [2.24, 2.45) is 5.73 Å². The van der Waals surface area contributed by atoms with E-state index in [0.717, 1.165) is 0 Å². The summed E-state index contributed by atoms with van der Waals surface area (Å²) in [6.07, 6.45) is 1.32. The van der Waals surface area contributed by atoms with Gasteiger partial charge in [0.25, 0.3) is 11.8 Å². The number of aryl methyl sites for hydroxylation is 1. The maximum Gasteiger partial charge on any atom is 0.287 e. The molecule has 8 nitrogen and oxygen atoms in total. The molecule has 0 aliphatic carbocycles. The Labute approximate surface area is 162 Å². The number of primary amides is 1. The van der Waals surface area contributed by atoms with E-state index in [0.29, 0.717) is 48.8 Å². The van der Waals surface area contributed by atoms with Gasteiger partial charge in [-0.25, -0.2) is 0 Å². The van der Waals surface area contributed by atoms with E-state index in [9.17, 15) is 14.4 Å². The molecule has 0 saturated carbocycles.